The molecule has 0 amide bonds. The fourth-order valence-electron chi connectivity index (χ4n) is 11.4. The molecule has 4 heteroatoms. The van der Waals surface area contributed by atoms with Gasteiger partial charge in [0.2, 0.25) is 0 Å². The lowest BCUT2D eigenvalue weighted by Gasteiger charge is -2.21. The first-order valence-corrected chi connectivity index (χ1v) is 21.5. The molecule has 14 rings (SSSR count). The summed E-state index contributed by atoms with van der Waals surface area (Å²) in [7, 11) is 0. The molecule has 9 aromatic carbocycles. The minimum Gasteiger partial charge on any atom is -0.309 e. The molecule has 1 aliphatic rings. The molecule has 4 aromatic heterocycles. The Hall–Kier alpha value is -7.95. The van der Waals surface area contributed by atoms with Gasteiger partial charge < -0.3 is 9.13 Å². The second-order valence-electron chi connectivity index (χ2n) is 17.6. The summed E-state index contributed by atoms with van der Waals surface area (Å²) in [6.45, 7) is 4.72. The Balaban J connectivity index is 0.966. The molecule has 0 N–H and O–H groups in total. The van der Waals surface area contributed by atoms with Gasteiger partial charge in [0.05, 0.1) is 33.1 Å². The second kappa shape index (κ2) is 11.9. The number of rotatable bonds is 3. The van der Waals surface area contributed by atoms with E-state index in [0.717, 1.165) is 71.5 Å². The predicted molar refractivity (Wildman–Crippen MR) is 259 cm³/mol. The minimum atomic E-state index is -0.0966. The molecule has 4 heterocycles. The third-order valence-corrected chi connectivity index (χ3v) is 14.2. The molecule has 0 saturated heterocycles. The van der Waals surface area contributed by atoms with Gasteiger partial charge in [-0.05, 0) is 93.9 Å². The SMILES string of the molecule is CC1(C)c2ccccc2-c2c1ccc1c3ccccc3n(-c3ccc4c(c3)c3ccccc3n4-c3cccc(-c4ccc5c(c4)c4cccc6c7ccccc7c(=O)n5c64)c3)c21. The topological polar surface area (TPSA) is 31.3 Å². The monoisotopic (exact) mass is 791 g/mol. The molecule has 0 atom stereocenters. The average molecular weight is 792 g/mol. The standard InChI is InChI=1S/C58H37N3O/c1-58(2)48-22-8-5-19-45(48)54-49(58)28-27-43-39-16-6-10-24-51(39)60(56(43)54)37-26-30-52-47(33-37)40-17-7-9-23-50(40)59(52)36-14-11-13-34(31-36)35-25-29-53-46(32-35)42-21-12-20-41-38-15-3-4-18-44(38)57(62)61(53)55(41)42/h3-33H,1-2H3. The maximum absolute atomic E-state index is 14.0. The van der Waals surface area contributed by atoms with Crippen molar-refractivity contribution < 1.29 is 0 Å². The molecular weight excluding hydrogens is 755 g/mol. The Labute approximate surface area is 356 Å². The first-order chi connectivity index (χ1) is 30.5. The van der Waals surface area contributed by atoms with Crippen molar-refractivity contribution in [3.63, 3.8) is 0 Å². The fourth-order valence-corrected chi connectivity index (χ4v) is 11.4. The zero-order valence-electron chi connectivity index (χ0n) is 34.1. The van der Waals surface area contributed by atoms with E-state index >= 15 is 0 Å². The van der Waals surface area contributed by atoms with Crippen LogP contribution in [0, 0.1) is 0 Å². The number of hydrogen-bond donors (Lipinski definition) is 0. The first-order valence-electron chi connectivity index (χ1n) is 21.5. The van der Waals surface area contributed by atoms with E-state index in [-0.39, 0.29) is 11.0 Å². The van der Waals surface area contributed by atoms with Gasteiger partial charge in [-0.15, -0.1) is 0 Å². The summed E-state index contributed by atoms with van der Waals surface area (Å²) in [5, 5.41) is 9.99. The highest BCUT2D eigenvalue weighted by Crippen LogP contribution is 2.53. The van der Waals surface area contributed by atoms with E-state index in [2.05, 4.69) is 193 Å². The minimum absolute atomic E-state index is 0.0277. The maximum Gasteiger partial charge on any atom is 0.263 e. The normalized spacial score (nSPS) is 13.5. The van der Waals surface area contributed by atoms with Crippen LogP contribution < -0.4 is 5.56 Å². The van der Waals surface area contributed by atoms with Crippen LogP contribution in [0.3, 0.4) is 0 Å². The zero-order chi connectivity index (χ0) is 41.0. The highest BCUT2D eigenvalue weighted by molar-refractivity contribution is 6.21. The number of benzene rings is 9. The van der Waals surface area contributed by atoms with Crippen LogP contribution >= 0.6 is 0 Å². The molecule has 0 bridgehead atoms. The predicted octanol–water partition coefficient (Wildman–Crippen LogP) is 14.4. The zero-order valence-corrected chi connectivity index (χ0v) is 34.1. The Morgan fingerprint density at radius 3 is 1.79 bits per heavy atom. The molecular formula is C58H37N3O. The fraction of sp³-hybridized carbons (Fsp3) is 0.0517. The number of para-hydroxylation sites is 3. The van der Waals surface area contributed by atoms with Gasteiger partial charge in [-0.2, -0.15) is 0 Å². The first kappa shape index (κ1) is 33.8. The highest BCUT2D eigenvalue weighted by atomic mass is 16.1. The van der Waals surface area contributed by atoms with Crippen LogP contribution in [0.2, 0.25) is 0 Å². The lowest BCUT2D eigenvalue weighted by Crippen LogP contribution is -2.14. The Morgan fingerprint density at radius 1 is 0.371 bits per heavy atom. The van der Waals surface area contributed by atoms with Crippen LogP contribution in [0.15, 0.2) is 193 Å². The number of pyridine rings is 1. The van der Waals surface area contributed by atoms with Gasteiger partial charge in [0.25, 0.3) is 5.56 Å². The maximum atomic E-state index is 14.0. The van der Waals surface area contributed by atoms with Gasteiger partial charge in [0, 0.05) is 65.4 Å². The summed E-state index contributed by atoms with van der Waals surface area (Å²) in [5.41, 5.74) is 16.6. The van der Waals surface area contributed by atoms with E-state index in [4.69, 9.17) is 0 Å². The summed E-state index contributed by atoms with van der Waals surface area (Å²) >= 11 is 0. The van der Waals surface area contributed by atoms with E-state index in [1.54, 1.807) is 0 Å². The molecule has 0 aliphatic heterocycles. The second-order valence-corrected chi connectivity index (χ2v) is 17.6. The van der Waals surface area contributed by atoms with E-state index in [1.807, 2.05) is 22.6 Å². The molecule has 13 aromatic rings. The Kier molecular flexibility index (Phi) is 6.48. The summed E-state index contributed by atoms with van der Waals surface area (Å²) in [6, 6.07) is 68.2. The van der Waals surface area contributed by atoms with Gasteiger partial charge in [-0.25, -0.2) is 0 Å². The molecule has 0 saturated carbocycles. The molecule has 0 unspecified atom stereocenters. The molecule has 62 heavy (non-hydrogen) atoms. The summed E-state index contributed by atoms with van der Waals surface area (Å²) < 4.78 is 6.84. The molecule has 0 fully saturated rings. The Bertz CT molecular complexity index is 4160. The molecule has 4 nitrogen and oxygen atoms in total. The van der Waals surface area contributed by atoms with Crippen molar-refractivity contribution in [2.75, 3.05) is 0 Å². The number of fused-ring (bicyclic) bond motifs is 15. The molecule has 290 valence electrons. The molecule has 0 spiro atoms. The van der Waals surface area contributed by atoms with Crippen LogP contribution in [0.4, 0.5) is 0 Å². The third kappa shape index (κ3) is 4.23. The van der Waals surface area contributed by atoms with Gasteiger partial charge in [-0.1, -0.05) is 141 Å². The van der Waals surface area contributed by atoms with Crippen LogP contribution in [0.25, 0.3) is 115 Å². The van der Waals surface area contributed by atoms with Gasteiger partial charge in [0.1, 0.15) is 0 Å². The van der Waals surface area contributed by atoms with Crippen molar-refractivity contribution >= 4 is 81.6 Å². The smallest absolute Gasteiger partial charge is 0.263 e. The lowest BCUT2D eigenvalue weighted by molar-refractivity contribution is 0.661. The van der Waals surface area contributed by atoms with Crippen molar-refractivity contribution in [3.8, 4) is 33.6 Å². The summed E-state index contributed by atoms with van der Waals surface area (Å²) in [5.74, 6) is 0. The third-order valence-electron chi connectivity index (χ3n) is 14.2. The largest absolute Gasteiger partial charge is 0.309 e. The quantitative estimate of drug-likeness (QED) is 0.164. The van der Waals surface area contributed by atoms with E-state index < -0.39 is 0 Å². The average Bonchev–Trinajstić information content (AvgIpc) is 4.02. The van der Waals surface area contributed by atoms with E-state index in [9.17, 15) is 4.79 Å². The highest BCUT2D eigenvalue weighted by Gasteiger charge is 2.37. The van der Waals surface area contributed by atoms with Crippen molar-refractivity contribution in [1.29, 1.82) is 0 Å². The van der Waals surface area contributed by atoms with Gasteiger partial charge >= 0.3 is 0 Å². The van der Waals surface area contributed by atoms with E-state index in [0.29, 0.717) is 0 Å². The number of aromatic nitrogens is 3. The van der Waals surface area contributed by atoms with Gasteiger partial charge in [0.15, 0.2) is 0 Å². The molecule has 0 radical (unpaired) electrons. The van der Waals surface area contributed by atoms with Gasteiger partial charge in [-0.3, -0.25) is 9.20 Å². The summed E-state index contributed by atoms with van der Waals surface area (Å²) in [4.78, 5) is 14.0. The number of hydrogen-bond acceptors (Lipinski definition) is 1. The van der Waals surface area contributed by atoms with E-state index in [1.165, 1.54) is 54.8 Å². The van der Waals surface area contributed by atoms with Crippen molar-refractivity contribution in [2.45, 2.75) is 19.3 Å². The van der Waals surface area contributed by atoms with Crippen LogP contribution in [0.1, 0.15) is 25.0 Å². The van der Waals surface area contributed by atoms with Crippen molar-refractivity contribution in [3.05, 3.63) is 210 Å². The van der Waals surface area contributed by atoms with Crippen LogP contribution in [-0.4, -0.2) is 13.5 Å². The lowest BCUT2D eigenvalue weighted by atomic mass is 9.82. The van der Waals surface area contributed by atoms with Crippen molar-refractivity contribution in [2.24, 2.45) is 0 Å². The number of nitrogens with zero attached hydrogens (tertiary/aromatic N) is 3. The van der Waals surface area contributed by atoms with Crippen LogP contribution in [-0.2, 0) is 5.41 Å². The van der Waals surface area contributed by atoms with Crippen LogP contribution in [0.5, 0.6) is 0 Å². The molecule has 1 aliphatic carbocycles. The summed E-state index contributed by atoms with van der Waals surface area (Å²) in [6.07, 6.45) is 0. The Morgan fingerprint density at radius 2 is 0.952 bits per heavy atom. The van der Waals surface area contributed by atoms with Crippen molar-refractivity contribution in [1.82, 2.24) is 13.5 Å².